The van der Waals surface area contributed by atoms with E-state index in [0.29, 0.717) is 30.6 Å². The Morgan fingerprint density at radius 2 is 1.96 bits per heavy atom. The molecule has 0 radical (unpaired) electrons. The summed E-state index contributed by atoms with van der Waals surface area (Å²) < 4.78 is 5.97. The van der Waals surface area contributed by atoms with Crippen LogP contribution in [0.3, 0.4) is 0 Å². The van der Waals surface area contributed by atoms with Crippen molar-refractivity contribution in [3.63, 3.8) is 0 Å². The van der Waals surface area contributed by atoms with Gasteiger partial charge in [-0.2, -0.15) is 0 Å². The highest BCUT2D eigenvalue weighted by Crippen LogP contribution is 2.47. The van der Waals surface area contributed by atoms with Crippen LogP contribution < -0.4 is 0 Å². The molecule has 1 aromatic carbocycles. The van der Waals surface area contributed by atoms with Crippen molar-refractivity contribution >= 4 is 5.91 Å². The van der Waals surface area contributed by atoms with Crippen LogP contribution in [-0.2, 0) is 0 Å². The molecule has 2 saturated heterocycles. The van der Waals surface area contributed by atoms with Gasteiger partial charge in [-0.3, -0.25) is 14.7 Å². The molecule has 28 heavy (non-hydrogen) atoms. The topological polar surface area (TPSA) is 88.3 Å². The van der Waals surface area contributed by atoms with Crippen LogP contribution in [-0.4, -0.2) is 62.6 Å². The van der Waals surface area contributed by atoms with E-state index in [0.717, 1.165) is 18.5 Å². The fourth-order valence-corrected chi connectivity index (χ4v) is 4.32. The van der Waals surface area contributed by atoms with E-state index in [1.807, 2.05) is 35.2 Å². The monoisotopic (exact) mass is 376 g/mol. The molecule has 8 heteroatoms. The van der Waals surface area contributed by atoms with E-state index >= 15 is 0 Å². The van der Waals surface area contributed by atoms with E-state index in [-0.39, 0.29) is 17.4 Å². The van der Waals surface area contributed by atoms with Crippen LogP contribution in [0.2, 0.25) is 0 Å². The van der Waals surface area contributed by atoms with Gasteiger partial charge in [0.25, 0.3) is 5.91 Å². The molecule has 2 aromatic heterocycles. The summed E-state index contributed by atoms with van der Waals surface area (Å²) in [6.45, 7) is 2.32. The molecule has 0 aliphatic carbocycles. The molecule has 1 spiro atoms. The molecule has 1 unspecified atom stereocenters. The Bertz CT molecular complexity index is 984. The summed E-state index contributed by atoms with van der Waals surface area (Å²) in [5.41, 5.74) is 1.38. The Balaban J connectivity index is 1.28. The minimum atomic E-state index is -0.0611. The van der Waals surface area contributed by atoms with E-state index in [9.17, 15) is 4.79 Å². The first-order valence-electron chi connectivity index (χ1n) is 9.28. The van der Waals surface area contributed by atoms with Crippen molar-refractivity contribution in [2.45, 2.75) is 12.5 Å². The maximum absolute atomic E-state index is 12.5. The van der Waals surface area contributed by atoms with Crippen molar-refractivity contribution in [1.82, 2.24) is 30.0 Å². The van der Waals surface area contributed by atoms with Crippen molar-refractivity contribution in [3.05, 3.63) is 60.5 Å². The first-order valence-corrected chi connectivity index (χ1v) is 9.28. The lowest BCUT2D eigenvalue weighted by Crippen LogP contribution is -2.59. The number of amides is 1. The molecule has 2 aliphatic heterocycles. The van der Waals surface area contributed by atoms with Gasteiger partial charge in [0.15, 0.2) is 0 Å². The van der Waals surface area contributed by atoms with E-state index in [1.54, 1.807) is 12.4 Å². The fraction of sp³-hybridized carbons (Fsp3) is 0.350. The lowest BCUT2D eigenvalue weighted by molar-refractivity contribution is 0.0110. The van der Waals surface area contributed by atoms with Crippen LogP contribution in [0.5, 0.6) is 0 Å². The molecule has 142 valence electrons. The number of hydrogen-bond acceptors (Lipinski definition) is 7. The van der Waals surface area contributed by atoms with E-state index in [4.69, 9.17) is 4.42 Å². The van der Waals surface area contributed by atoms with Crippen molar-refractivity contribution in [3.8, 4) is 11.5 Å². The standard InChI is InChI=1S/C20H20N6O2/c1-25-11-20(12-26(13-20)19(27)15-10-21-7-8-22-15)9-16(25)18-24-23-17(28-18)14-5-3-2-4-6-14/h2-8,10,16H,9,11-13H2,1H3. The summed E-state index contributed by atoms with van der Waals surface area (Å²) in [7, 11) is 2.07. The second-order valence-corrected chi connectivity index (χ2v) is 7.70. The van der Waals surface area contributed by atoms with Crippen LogP contribution in [0.4, 0.5) is 0 Å². The quantitative estimate of drug-likeness (QED) is 0.691. The third kappa shape index (κ3) is 2.86. The van der Waals surface area contributed by atoms with Crippen LogP contribution in [0.15, 0.2) is 53.3 Å². The van der Waals surface area contributed by atoms with Gasteiger partial charge in [-0.25, -0.2) is 4.98 Å². The zero-order chi connectivity index (χ0) is 19.1. The van der Waals surface area contributed by atoms with Crippen LogP contribution in [0.25, 0.3) is 11.5 Å². The predicted octanol–water partition coefficient (Wildman–Crippen LogP) is 2.05. The third-order valence-electron chi connectivity index (χ3n) is 5.61. The molecule has 3 aromatic rings. The summed E-state index contributed by atoms with van der Waals surface area (Å²) in [5.74, 6) is 1.11. The fourth-order valence-electron chi connectivity index (χ4n) is 4.32. The molecule has 2 fully saturated rings. The van der Waals surface area contributed by atoms with Gasteiger partial charge >= 0.3 is 0 Å². The predicted molar refractivity (Wildman–Crippen MR) is 100 cm³/mol. The zero-order valence-corrected chi connectivity index (χ0v) is 15.5. The highest BCUT2D eigenvalue weighted by Gasteiger charge is 2.53. The smallest absolute Gasteiger partial charge is 0.274 e. The Kier molecular flexibility index (Phi) is 3.94. The SMILES string of the molecule is CN1CC2(CC1c1nnc(-c3ccccc3)o1)CN(C(=O)c1cnccn1)C2. The zero-order valence-electron chi connectivity index (χ0n) is 15.5. The van der Waals surface area contributed by atoms with Gasteiger partial charge in [-0.05, 0) is 25.6 Å². The highest BCUT2D eigenvalue weighted by atomic mass is 16.4. The molecule has 4 heterocycles. The number of rotatable bonds is 3. The number of carbonyl (C=O) groups is 1. The summed E-state index contributed by atoms with van der Waals surface area (Å²) in [4.78, 5) is 24.7. The van der Waals surface area contributed by atoms with E-state index in [1.165, 1.54) is 6.20 Å². The Labute approximate surface area is 162 Å². The molecule has 8 nitrogen and oxygen atoms in total. The Morgan fingerprint density at radius 3 is 2.71 bits per heavy atom. The summed E-state index contributed by atoms with van der Waals surface area (Å²) in [5, 5.41) is 8.51. The second kappa shape index (κ2) is 6.49. The van der Waals surface area contributed by atoms with Gasteiger partial charge in [0.1, 0.15) is 5.69 Å². The Hall–Kier alpha value is -3.13. The average molecular weight is 376 g/mol. The molecule has 5 rings (SSSR count). The molecule has 0 N–H and O–H groups in total. The molecule has 0 bridgehead atoms. The minimum absolute atomic E-state index is 0.0611. The maximum atomic E-state index is 12.5. The summed E-state index contributed by atoms with van der Waals surface area (Å²) >= 11 is 0. The molecule has 1 atom stereocenters. The van der Waals surface area contributed by atoms with Crippen LogP contribution in [0.1, 0.15) is 28.8 Å². The number of aromatic nitrogens is 4. The van der Waals surface area contributed by atoms with Gasteiger partial charge in [-0.1, -0.05) is 18.2 Å². The maximum Gasteiger partial charge on any atom is 0.274 e. The van der Waals surface area contributed by atoms with Gasteiger partial charge in [0.2, 0.25) is 11.8 Å². The lowest BCUT2D eigenvalue weighted by Gasteiger charge is -2.47. The average Bonchev–Trinajstić information content (AvgIpc) is 3.32. The van der Waals surface area contributed by atoms with Crippen LogP contribution in [0, 0.1) is 5.41 Å². The van der Waals surface area contributed by atoms with Gasteiger partial charge in [-0.15, -0.1) is 10.2 Å². The Morgan fingerprint density at radius 1 is 1.14 bits per heavy atom. The molecule has 1 amide bonds. The minimum Gasteiger partial charge on any atom is -0.419 e. The molecule has 2 aliphatic rings. The number of likely N-dealkylation sites (tertiary alicyclic amines) is 2. The number of hydrogen-bond donors (Lipinski definition) is 0. The van der Waals surface area contributed by atoms with Crippen molar-refractivity contribution in [2.75, 3.05) is 26.7 Å². The van der Waals surface area contributed by atoms with Gasteiger partial charge < -0.3 is 9.32 Å². The lowest BCUT2D eigenvalue weighted by atomic mass is 9.77. The summed E-state index contributed by atoms with van der Waals surface area (Å²) in [6.07, 6.45) is 5.52. The first-order chi connectivity index (χ1) is 13.6. The molecular weight excluding hydrogens is 356 g/mol. The summed E-state index contributed by atoms with van der Waals surface area (Å²) in [6, 6.07) is 9.84. The van der Waals surface area contributed by atoms with Gasteiger partial charge in [0, 0.05) is 43.0 Å². The van der Waals surface area contributed by atoms with E-state index in [2.05, 4.69) is 32.1 Å². The van der Waals surface area contributed by atoms with Gasteiger partial charge in [0.05, 0.1) is 12.2 Å². The number of carbonyl (C=O) groups excluding carboxylic acids is 1. The number of nitrogens with zero attached hydrogens (tertiary/aromatic N) is 6. The largest absolute Gasteiger partial charge is 0.419 e. The van der Waals surface area contributed by atoms with E-state index < -0.39 is 0 Å². The third-order valence-corrected chi connectivity index (χ3v) is 5.61. The highest BCUT2D eigenvalue weighted by molar-refractivity contribution is 5.92. The molecular formula is C20H20N6O2. The second-order valence-electron chi connectivity index (χ2n) is 7.70. The van der Waals surface area contributed by atoms with Crippen molar-refractivity contribution in [2.24, 2.45) is 5.41 Å². The normalized spacial score (nSPS) is 21.0. The van der Waals surface area contributed by atoms with Crippen LogP contribution >= 0.6 is 0 Å². The van der Waals surface area contributed by atoms with Crippen molar-refractivity contribution in [1.29, 1.82) is 0 Å². The number of benzene rings is 1. The first kappa shape index (κ1) is 17.0. The molecule has 0 saturated carbocycles. The van der Waals surface area contributed by atoms with Crippen molar-refractivity contribution < 1.29 is 9.21 Å².